The van der Waals surface area contributed by atoms with Gasteiger partial charge in [0, 0.05) is 19.2 Å². The first-order valence-corrected chi connectivity index (χ1v) is 10.2. The number of piperidine rings is 1. The van der Waals surface area contributed by atoms with E-state index in [1.807, 2.05) is 4.90 Å². The Morgan fingerprint density at radius 3 is 2.48 bits per heavy atom. The lowest BCUT2D eigenvalue weighted by atomic mass is 9.67. The summed E-state index contributed by atoms with van der Waals surface area (Å²) in [5, 5.41) is 9.16. The van der Waals surface area contributed by atoms with Crippen LogP contribution in [-0.4, -0.2) is 47.9 Å². The maximum atomic E-state index is 14.2. The van der Waals surface area contributed by atoms with Crippen LogP contribution < -0.4 is 4.74 Å². The Hall–Kier alpha value is -1.83. The number of nitrogens with zero attached hydrogens (tertiary/aromatic N) is 1. The van der Waals surface area contributed by atoms with E-state index in [-0.39, 0.29) is 37.0 Å². The molecule has 0 bridgehead atoms. The maximum absolute atomic E-state index is 14.2. The van der Waals surface area contributed by atoms with Gasteiger partial charge in [-0.2, -0.15) is 13.2 Å². The second-order valence-electron chi connectivity index (χ2n) is 8.70. The van der Waals surface area contributed by atoms with Gasteiger partial charge in [0.25, 0.3) is 0 Å². The minimum Gasteiger partial charge on any atom is -0.489 e. The molecule has 2 saturated carbocycles. The number of rotatable bonds is 6. The standard InChI is InChI=1S/C21H25F4NO3/c22-17-10-18(15(13-4-5-13)9-16(17)19(27)28)29-14-3-1-8-26(11-14)12-20(6-2-7-20)21(23,24)25/h9-10,13-14H,1-8,11-12H2,(H,27,28). The molecule has 4 nitrogen and oxygen atoms in total. The van der Waals surface area contributed by atoms with Gasteiger partial charge in [-0.1, -0.05) is 6.42 Å². The minimum absolute atomic E-state index is 0.0157. The smallest absolute Gasteiger partial charge is 0.395 e. The summed E-state index contributed by atoms with van der Waals surface area (Å²) in [7, 11) is 0. The molecule has 1 atom stereocenters. The average Bonchev–Trinajstić information content (AvgIpc) is 3.42. The number of carboxylic acids is 1. The fourth-order valence-electron chi connectivity index (χ4n) is 4.55. The van der Waals surface area contributed by atoms with Gasteiger partial charge < -0.3 is 9.84 Å². The Morgan fingerprint density at radius 1 is 1.21 bits per heavy atom. The van der Waals surface area contributed by atoms with Crippen molar-refractivity contribution in [3.63, 3.8) is 0 Å². The first-order chi connectivity index (χ1) is 13.7. The Bertz CT molecular complexity index is 787. The number of halogens is 4. The van der Waals surface area contributed by atoms with Crippen molar-refractivity contribution in [1.29, 1.82) is 0 Å². The van der Waals surface area contributed by atoms with Gasteiger partial charge >= 0.3 is 12.1 Å². The zero-order valence-electron chi connectivity index (χ0n) is 16.1. The van der Waals surface area contributed by atoms with E-state index in [0.717, 1.165) is 18.9 Å². The molecule has 3 aliphatic rings. The molecule has 8 heteroatoms. The van der Waals surface area contributed by atoms with E-state index in [4.69, 9.17) is 9.84 Å². The summed E-state index contributed by atoms with van der Waals surface area (Å²) in [6.07, 6.45) is -0.395. The van der Waals surface area contributed by atoms with Crippen molar-refractivity contribution < 1.29 is 32.2 Å². The molecule has 1 aromatic rings. The van der Waals surface area contributed by atoms with Gasteiger partial charge in [0.2, 0.25) is 0 Å². The minimum atomic E-state index is -4.20. The third-order valence-corrected chi connectivity index (χ3v) is 6.54. The molecule has 0 amide bonds. The number of hydrogen-bond acceptors (Lipinski definition) is 3. The Labute approximate surface area is 166 Å². The quantitative estimate of drug-likeness (QED) is 0.666. The molecule has 0 spiro atoms. The van der Waals surface area contributed by atoms with Crippen LogP contribution in [0.4, 0.5) is 17.6 Å². The molecule has 1 N–H and O–H groups in total. The molecule has 0 radical (unpaired) electrons. The number of likely N-dealkylation sites (tertiary alicyclic amines) is 1. The number of carboxylic acid groups (broad SMARTS) is 1. The molecule has 4 rings (SSSR count). The number of aromatic carboxylic acids is 1. The lowest BCUT2D eigenvalue weighted by Gasteiger charge is -2.47. The van der Waals surface area contributed by atoms with Crippen LogP contribution in [0.15, 0.2) is 12.1 Å². The van der Waals surface area contributed by atoms with Crippen molar-refractivity contribution in [3.05, 3.63) is 29.1 Å². The highest BCUT2D eigenvalue weighted by Gasteiger charge is 2.58. The highest BCUT2D eigenvalue weighted by atomic mass is 19.4. The van der Waals surface area contributed by atoms with E-state index in [2.05, 4.69) is 0 Å². The van der Waals surface area contributed by atoms with E-state index in [1.165, 1.54) is 6.07 Å². The average molecular weight is 415 g/mol. The lowest BCUT2D eigenvalue weighted by molar-refractivity contribution is -0.257. The highest BCUT2D eigenvalue weighted by molar-refractivity contribution is 5.88. The zero-order chi connectivity index (χ0) is 20.8. The van der Waals surface area contributed by atoms with Gasteiger partial charge in [-0.3, -0.25) is 4.90 Å². The van der Waals surface area contributed by atoms with E-state index in [9.17, 15) is 22.4 Å². The number of benzene rings is 1. The van der Waals surface area contributed by atoms with Crippen LogP contribution >= 0.6 is 0 Å². The van der Waals surface area contributed by atoms with Crippen molar-refractivity contribution >= 4 is 5.97 Å². The molecule has 2 aliphatic carbocycles. The molecule has 1 heterocycles. The molecule has 0 aromatic heterocycles. The molecule has 29 heavy (non-hydrogen) atoms. The Kier molecular flexibility index (Phi) is 5.25. The number of carbonyl (C=O) groups is 1. The van der Waals surface area contributed by atoms with E-state index in [1.54, 1.807) is 0 Å². The lowest BCUT2D eigenvalue weighted by Crippen LogP contribution is -2.54. The van der Waals surface area contributed by atoms with Crippen molar-refractivity contribution in [3.8, 4) is 5.75 Å². The van der Waals surface area contributed by atoms with Gasteiger partial charge in [-0.15, -0.1) is 0 Å². The Morgan fingerprint density at radius 2 is 1.93 bits per heavy atom. The van der Waals surface area contributed by atoms with Crippen LogP contribution in [0.25, 0.3) is 0 Å². The van der Waals surface area contributed by atoms with E-state index in [0.29, 0.717) is 43.7 Å². The molecular weight excluding hydrogens is 390 g/mol. The van der Waals surface area contributed by atoms with Crippen LogP contribution in [0, 0.1) is 11.2 Å². The van der Waals surface area contributed by atoms with Gasteiger partial charge in [-0.05, 0) is 62.6 Å². The summed E-state index contributed by atoms with van der Waals surface area (Å²) >= 11 is 0. The third-order valence-electron chi connectivity index (χ3n) is 6.54. The Balaban J connectivity index is 1.47. The van der Waals surface area contributed by atoms with Crippen LogP contribution in [-0.2, 0) is 0 Å². The van der Waals surface area contributed by atoms with Crippen LogP contribution in [0.5, 0.6) is 5.75 Å². The second-order valence-corrected chi connectivity index (χ2v) is 8.70. The van der Waals surface area contributed by atoms with E-state index >= 15 is 0 Å². The van der Waals surface area contributed by atoms with Crippen molar-refractivity contribution in [1.82, 2.24) is 4.90 Å². The summed E-state index contributed by atoms with van der Waals surface area (Å²) in [6, 6.07) is 2.47. The summed E-state index contributed by atoms with van der Waals surface area (Å²) < 4.78 is 60.7. The first-order valence-electron chi connectivity index (χ1n) is 10.2. The van der Waals surface area contributed by atoms with Gasteiger partial charge in [0.05, 0.1) is 11.0 Å². The molecule has 1 unspecified atom stereocenters. The van der Waals surface area contributed by atoms with Crippen LogP contribution in [0.1, 0.15) is 66.8 Å². The molecule has 3 fully saturated rings. The normalized spacial score (nSPS) is 24.8. The monoisotopic (exact) mass is 415 g/mol. The highest BCUT2D eigenvalue weighted by Crippen LogP contribution is 2.53. The molecule has 1 aromatic carbocycles. The fraction of sp³-hybridized carbons (Fsp3) is 0.667. The molecule has 1 saturated heterocycles. The van der Waals surface area contributed by atoms with Gasteiger partial charge in [0.1, 0.15) is 17.7 Å². The first kappa shape index (κ1) is 20.4. The number of alkyl halides is 3. The van der Waals surface area contributed by atoms with Gasteiger partial charge in [-0.25, -0.2) is 9.18 Å². The van der Waals surface area contributed by atoms with Crippen molar-refractivity contribution in [2.24, 2.45) is 5.41 Å². The number of hydrogen-bond donors (Lipinski definition) is 1. The SMILES string of the molecule is O=C(O)c1cc(C2CC2)c(OC2CCCN(CC3(C(F)(F)F)CCC3)C2)cc1F. The predicted octanol–water partition coefficient (Wildman–Crippen LogP) is 4.98. The van der Waals surface area contributed by atoms with Crippen LogP contribution in [0.2, 0.25) is 0 Å². The summed E-state index contributed by atoms with van der Waals surface area (Å²) in [6.45, 7) is 0.946. The number of ether oxygens (including phenoxy) is 1. The second kappa shape index (κ2) is 7.45. The summed E-state index contributed by atoms with van der Waals surface area (Å²) in [4.78, 5) is 13.0. The summed E-state index contributed by atoms with van der Waals surface area (Å²) in [5.74, 6) is -1.68. The van der Waals surface area contributed by atoms with Crippen molar-refractivity contribution in [2.75, 3.05) is 19.6 Å². The predicted molar refractivity (Wildman–Crippen MR) is 97.8 cm³/mol. The largest absolute Gasteiger partial charge is 0.489 e. The zero-order valence-corrected chi connectivity index (χ0v) is 16.1. The fourth-order valence-corrected chi connectivity index (χ4v) is 4.55. The van der Waals surface area contributed by atoms with Crippen LogP contribution in [0.3, 0.4) is 0 Å². The topological polar surface area (TPSA) is 49.8 Å². The molecular formula is C21H25F4NO3. The van der Waals surface area contributed by atoms with Crippen molar-refractivity contribution in [2.45, 2.75) is 63.1 Å². The third kappa shape index (κ3) is 4.09. The van der Waals surface area contributed by atoms with Gasteiger partial charge in [0.15, 0.2) is 0 Å². The summed E-state index contributed by atoms with van der Waals surface area (Å²) in [5.41, 5.74) is -1.29. The molecule has 1 aliphatic heterocycles. The maximum Gasteiger partial charge on any atom is 0.395 e. The van der Waals surface area contributed by atoms with E-state index < -0.39 is 23.4 Å². The molecule has 160 valence electrons.